The highest BCUT2D eigenvalue weighted by molar-refractivity contribution is 5.90. The van der Waals surface area contributed by atoms with E-state index < -0.39 is 203 Å². The smallest absolute Gasteiger partial charge is 0.330 e. The van der Waals surface area contributed by atoms with Gasteiger partial charge in [0.15, 0.2) is 18.9 Å². The number of carbonyl (C=O) groups excluding carboxylic acids is 2. The van der Waals surface area contributed by atoms with Crippen molar-refractivity contribution in [2.75, 3.05) is 19.8 Å². The Kier molecular flexibility index (Phi) is 19.8. The molecule has 7 fully saturated rings. The van der Waals surface area contributed by atoms with Crippen LogP contribution in [-0.2, 0) is 57.0 Å². The van der Waals surface area contributed by atoms with Crippen molar-refractivity contribution in [1.82, 2.24) is 0 Å². The molecule has 4 heterocycles. The maximum absolute atomic E-state index is 12.6. The highest BCUT2D eigenvalue weighted by Gasteiger charge is 2.55. The summed E-state index contributed by atoms with van der Waals surface area (Å²) >= 11 is 0. The number of carbonyl (C=O) groups is 3. The number of aliphatic hydroxyl groups excluding tert-OH is 14. The lowest BCUT2D eigenvalue weighted by atomic mass is 9.72. The second kappa shape index (κ2) is 25.0. The predicted octanol–water partition coefficient (Wildman–Crippen LogP) is -6.71. The molecule has 7 rings (SSSR count). The summed E-state index contributed by atoms with van der Waals surface area (Å²) in [6.07, 6.45) is -31.9. The molecular weight excluding hydrogens is 972 g/mol. The molecule has 0 amide bonds. The van der Waals surface area contributed by atoms with Crippen molar-refractivity contribution in [3.05, 3.63) is 12.2 Å². The van der Waals surface area contributed by atoms with Gasteiger partial charge in [0.2, 0.25) is 0 Å². The molecule has 4 saturated heterocycles. The van der Waals surface area contributed by atoms with Crippen LogP contribution in [0.5, 0.6) is 0 Å². The summed E-state index contributed by atoms with van der Waals surface area (Å²) in [6.45, 7) is -2.07. The molecule has 412 valence electrons. The van der Waals surface area contributed by atoms with Gasteiger partial charge in [-0.05, 0) is 56.8 Å². The van der Waals surface area contributed by atoms with E-state index in [-0.39, 0.29) is 50.9 Å². The fraction of sp³-hybridized carbons (Fsp3) is 0.889. The number of allylic oxidation sites excluding steroid dienone is 1. The molecule has 15 N–H and O–H groups in total. The molecule has 0 radical (unpaired) electrons. The largest absolute Gasteiger partial charge is 0.481 e. The number of hydrogen-bond donors (Lipinski definition) is 15. The van der Waals surface area contributed by atoms with Crippen molar-refractivity contribution >= 4 is 17.9 Å². The van der Waals surface area contributed by atoms with Gasteiger partial charge in [-0.2, -0.15) is 0 Å². The first-order valence-corrected chi connectivity index (χ1v) is 24.4. The van der Waals surface area contributed by atoms with Gasteiger partial charge in [0.1, 0.15) is 92.9 Å². The van der Waals surface area contributed by atoms with Crippen LogP contribution < -0.4 is 0 Å². The number of rotatable bonds is 16. The molecule has 0 aromatic heterocycles. The molecule has 7 aliphatic rings. The normalized spacial score (nSPS) is 48.1. The first-order chi connectivity index (χ1) is 34.1. The van der Waals surface area contributed by atoms with Gasteiger partial charge in [-0.1, -0.05) is 6.08 Å². The Morgan fingerprint density at radius 1 is 0.514 bits per heavy atom. The molecule has 4 aliphatic heterocycles. The number of aliphatic hydroxyl groups is 14. The fourth-order valence-electron chi connectivity index (χ4n) is 10.8. The monoisotopic (exact) mass is 1040 g/mol. The van der Waals surface area contributed by atoms with E-state index in [1.807, 2.05) is 0 Å². The minimum absolute atomic E-state index is 0.0188. The van der Waals surface area contributed by atoms with Crippen molar-refractivity contribution in [1.29, 1.82) is 0 Å². The van der Waals surface area contributed by atoms with Gasteiger partial charge in [0, 0.05) is 24.8 Å². The van der Waals surface area contributed by atoms with Gasteiger partial charge in [0.05, 0.1) is 61.5 Å². The first-order valence-electron chi connectivity index (χ1n) is 24.4. The summed E-state index contributed by atoms with van der Waals surface area (Å²) in [5.74, 6) is -5.06. The zero-order chi connectivity index (χ0) is 52.3. The van der Waals surface area contributed by atoms with E-state index in [0.29, 0.717) is 12.8 Å². The highest BCUT2D eigenvalue weighted by Crippen LogP contribution is 2.45. The zero-order valence-electron chi connectivity index (χ0n) is 39.0. The number of fused-ring (bicyclic) bond motifs is 1. The zero-order valence-corrected chi connectivity index (χ0v) is 39.0. The number of ether oxygens (including phenoxy) is 9. The van der Waals surface area contributed by atoms with Crippen molar-refractivity contribution < 1.29 is 134 Å². The molecule has 27 unspecified atom stereocenters. The molecule has 72 heavy (non-hydrogen) atoms. The molecule has 0 aromatic carbocycles. The van der Waals surface area contributed by atoms with E-state index in [1.165, 1.54) is 6.08 Å². The SMILES string of the molecule is O=C(O)CC(=O)OCC1OC(OC2CC3C(O)CC(OC4OC(COC(=O)C=CC5CCC(O)C(O)C5)C(O)C(O)C4O)CC3OC2C2CCC(O)C(OC3OC(CO)C(O)C(O)C3O)C2)C(O)C(O)C1O. The van der Waals surface area contributed by atoms with E-state index in [9.17, 15) is 85.9 Å². The maximum Gasteiger partial charge on any atom is 0.330 e. The van der Waals surface area contributed by atoms with Crippen molar-refractivity contribution in [2.45, 2.75) is 211 Å². The topological polar surface area (TPSA) is 438 Å². The average Bonchev–Trinajstić information content (AvgIpc) is 3.34. The van der Waals surface area contributed by atoms with Gasteiger partial charge in [-0.25, -0.2) is 4.79 Å². The Bertz CT molecular complexity index is 1810. The minimum Gasteiger partial charge on any atom is -0.481 e. The first kappa shape index (κ1) is 57.0. The quantitative estimate of drug-likeness (QED) is 0.0388. The van der Waals surface area contributed by atoms with Crippen LogP contribution in [0, 0.1) is 17.8 Å². The molecule has 0 bridgehead atoms. The van der Waals surface area contributed by atoms with E-state index in [4.69, 9.17) is 47.7 Å². The Hall–Kier alpha value is -2.69. The second-order valence-electron chi connectivity index (χ2n) is 20.0. The Labute approximate surface area is 411 Å². The van der Waals surface area contributed by atoms with Crippen LogP contribution in [0.1, 0.15) is 64.2 Å². The van der Waals surface area contributed by atoms with Gasteiger partial charge in [0.25, 0.3) is 0 Å². The number of esters is 2. The second-order valence-corrected chi connectivity index (χ2v) is 20.0. The third-order valence-corrected chi connectivity index (χ3v) is 15.0. The van der Waals surface area contributed by atoms with E-state index >= 15 is 0 Å². The fourth-order valence-corrected chi connectivity index (χ4v) is 10.8. The molecule has 27 nitrogen and oxygen atoms in total. The summed E-state index contributed by atoms with van der Waals surface area (Å²) in [5.41, 5.74) is 0. The van der Waals surface area contributed by atoms with Gasteiger partial charge in [-0.15, -0.1) is 0 Å². The molecule has 0 spiro atoms. The Morgan fingerprint density at radius 2 is 1.07 bits per heavy atom. The summed E-state index contributed by atoms with van der Waals surface area (Å²) in [5, 5.41) is 158. The van der Waals surface area contributed by atoms with Crippen LogP contribution in [0.3, 0.4) is 0 Å². The molecule has 27 heteroatoms. The third-order valence-electron chi connectivity index (χ3n) is 15.0. The molecule has 3 aliphatic carbocycles. The van der Waals surface area contributed by atoms with Crippen molar-refractivity contribution in [3.8, 4) is 0 Å². The minimum atomic E-state index is -1.93. The van der Waals surface area contributed by atoms with Gasteiger partial charge < -0.3 is 119 Å². The third kappa shape index (κ3) is 13.5. The van der Waals surface area contributed by atoms with Gasteiger partial charge >= 0.3 is 17.9 Å². The van der Waals surface area contributed by atoms with E-state index in [0.717, 1.165) is 6.08 Å². The highest BCUT2D eigenvalue weighted by atomic mass is 16.7. The molecule has 27 atom stereocenters. The summed E-state index contributed by atoms with van der Waals surface area (Å²) in [7, 11) is 0. The molecular formula is C45H70O27. The van der Waals surface area contributed by atoms with Crippen LogP contribution in [0.2, 0.25) is 0 Å². The Morgan fingerprint density at radius 3 is 1.67 bits per heavy atom. The summed E-state index contributed by atoms with van der Waals surface area (Å²) in [4.78, 5) is 35.6. The van der Waals surface area contributed by atoms with Crippen LogP contribution in [0.25, 0.3) is 0 Å². The van der Waals surface area contributed by atoms with Gasteiger partial charge in [-0.3, -0.25) is 9.59 Å². The molecule has 3 saturated carbocycles. The predicted molar refractivity (Wildman–Crippen MR) is 230 cm³/mol. The lowest BCUT2D eigenvalue weighted by Gasteiger charge is -2.52. The standard InChI is InChI=1S/C45H70O27/c46-13-27-33(55)36(58)40(62)44(70-27)68-25-8-17(3-5-21(25)48)42-26(69-45-41(63)38(60)35(57)29(72-45)15-65-32(54)12-30(51)52)11-19-22(49)9-18(10-24(19)67-42)66-43-39(61)37(59)34(56)28(71-43)14-64-31(53)6-2-16-1-4-20(47)23(50)7-16/h2,6,16-29,33-50,55-63H,1,3-5,7-15H2,(H,51,52). The van der Waals surface area contributed by atoms with E-state index in [2.05, 4.69) is 0 Å². The van der Waals surface area contributed by atoms with Crippen LogP contribution in [0.15, 0.2) is 12.2 Å². The van der Waals surface area contributed by atoms with Crippen LogP contribution in [-0.4, -0.2) is 261 Å². The number of hydrogen-bond acceptors (Lipinski definition) is 26. The molecule has 0 aromatic rings. The number of carboxylic acid groups (broad SMARTS) is 1. The van der Waals surface area contributed by atoms with Crippen LogP contribution in [0.4, 0.5) is 0 Å². The van der Waals surface area contributed by atoms with Crippen molar-refractivity contribution in [2.24, 2.45) is 17.8 Å². The van der Waals surface area contributed by atoms with E-state index in [1.54, 1.807) is 0 Å². The maximum atomic E-state index is 12.6. The average molecular weight is 1040 g/mol. The van der Waals surface area contributed by atoms with Crippen molar-refractivity contribution in [3.63, 3.8) is 0 Å². The number of aliphatic carboxylic acids is 1. The Balaban J connectivity index is 1.05. The summed E-state index contributed by atoms with van der Waals surface area (Å²) < 4.78 is 52.5. The van der Waals surface area contributed by atoms with Crippen LogP contribution >= 0.6 is 0 Å². The lowest BCUT2D eigenvalue weighted by Crippen LogP contribution is -2.63. The number of carboxylic acids is 1. The summed E-state index contributed by atoms with van der Waals surface area (Å²) in [6, 6.07) is 0. The lowest BCUT2D eigenvalue weighted by molar-refractivity contribution is -0.341.